The van der Waals surface area contributed by atoms with Crippen LogP contribution in [0.1, 0.15) is 47.0 Å². The second-order valence-corrected chi connectivity index (χ2v) is 6.09. The van der Waals surface area contributed by atoms with Crippen molar-refractivity contribution >= 4 is 5.82 Å². The number of pyridine rings is 1. The Hall–Kier alpha value is -1.29. The van der Waals surface area contributed by atoms with Gasteiger partial charge in [-0.15, -0.1) is 0 Å². The molecule has 0 bridgehead atoms. The summed E-state index contributed by atoms with van der Waals surface area (Å²) in [6.07, 6.45) is 5.78. The maximum absolute atomic E-state index is 5.96. The third kappa shape index (κ3) is 4.10. The Morgan fingerprint density at radius 1 is 1.38 bits per heavy atom. The van der Waals surface area contributed by atoms with Gasteiger partial charge in [-0.1, -0.05) is 6.92 Å². The highest BCUT2D eigenvalue weighted by Crippen LogP contribution is 2.32. The van der Waals surface area contributed by atoms with Gasteiger partial charge in [0.2, 0.25) is 0 Å². The molecule has 0 radical (unpaired) electrons. The second-order valence-electron chi connectivity index (χ2n) is 6.09. The van der Waals surface area contributed by atoms with Crippen LogP contribution in [0.15, 0.2) is 18.3 Å². The molecule has 0 aromatic carbocycles. The van der Waals surface area contributed by atoms with Crippen molar-refractivity contribution in [1.82, 2.24) is 10.3 Å². The Labute approximate surface area is 128 Å². The van der Waals surface area contributed by atoms with E-state index in [1.54, 1.807) is 0 Å². The monoisotopic (exact) mass is 291 g/mol. The fourth-order valence-electron chi connectivity index (χ4n) is 3.14. The Morgan fingerprint density at radius 2 is 2.19 bits per heavy atom. The lowest BCUT2D eigenvalue weighted by molar-refractivity contribution is 0.240. The largest absolute Gasteiger partial charge is 0.487 e. The van der Waals surface area contributed by atoms with Crippen LogP contribution in [0.25, 0.3) is 0 Å². The highest BCUT2D eigenvalue weighted by Gasteiger charge is 2.29. The molecule has 1 aliphatic rings. The molecule has 0 aliphatic carbocycles. The third-order valence-electron chi connectivity index (χ3n) is 4.04. The number of likely N-dealkylation sites (N-methyl/N-ethyl adjacent to an activating group) is 1. The van der Waals surface area contributed by atoms with Crippen molar-refractivity contribution in [3.05, 3.63) is 18.3 Å². The van der Waals surface area contributed by atoms with Gasteiger partial charge in [-0.2, -0.15) is 0 Å². The highest BCUT2D eigenvalue weighted by atomic mass is 16.5. The topological polar surface area (TPSA) is 37.4 Å². The van der Waals surface area contributed by atoms with Crippen LogP contribution in [0.5, 0.6) is 5.75 Å². The van der Waals surface area contributed by atoms with E-state index in [2.05, 4.69) is 42.9 Å². The number of ether oxygens (including phenoxy) is 1. The molecule has 1 N–H and O–H groups in total. The molecule has 0 saturated carbocycles. The number of anilines is 1. The number of rotatable bonds is 6. The summed E-state index contributed by atoms with van der Waals surface area (Å²) < 4.78 is 5.96. The number of hydrogen-bond donors (Lipinski definition) is 1. The molecule has 2 rings (SSSR count). The summed E-state index contributed by atoms with van der Waals surface area (Å²) in [4.78, 5) is 7.06. The number of piperidine rings is 1. The van der Waals surface area contributed by atoms with E-state index in [9.17, 15) is 0 Å². The molecule has 1 aliphatic heterocycles. The zero-order chi connectivity index (χ0) is 15.2. The van der Waals surface area contributed by atoms with Gasteiger partial charge >= 0.3 is 0 Å². The summed E-state index contributed by atoms with van der Waals surface area (Å²) in [6, 6.07) is 4.94. The quantitative estimate of drug-likeness (QED) is 0.873. The van der Waals surface area contributed by atoms with Crippen molar-refractivity contribution in [1.29, 1.82) is 0 Å². The molecule has 1 aromatic rings. The van der Waals surface area contributed by atoms with Crippen LogP contribution in [0.3, 0.4) is 0 Å². The normalized spacial score (nSPS) is 20.6. The molecular formula is C17H29N3O. The van der Waals surface area contributed by atoms with E-state index in [1.807, 2.05) is 18.3 Å². The van der Waals surface area contributed by atoms with Crippen molar-refractivity contribution in [2.45, 2.75) is 65.1 Å². The zero-order valence-corrected chi connectivity index (χ0v) is 13.8. The van der Waals surface area contributed by atoms with Crippen LogP contribution in [0, 0.1) is 0 Å². The fourth-order valence-corrected chi connectivity index (χ4v) is 3.14. The maximum Gasteiger partial charge on any atom is 0.171 e. The van der Waals surface area contributed by atoms with E-state index in [1.165, 1.54) is 19.3 Å². The average Bonchev–Trinajstić information content (AvgIpc) is 2.47. The molecule has 0 amide bonds. The molecule has 1 aromatic heterocycles. The summed E-state index contributed by atoms with van der Waals surface area (Å²) >= 11 is 0. The minimum absolute atomic E-state index is 0.169. The van der Waals surface area contributed by atoms with Gasteiger partial charge in [-0.25, -0.2) is 4.98 Å². The van der Waals surface area contributed by atoms with Gasteiger partial charge in [0.1, 0.15) is 0 Å². The molecule has 0 spiro atoms. The van der Waals surface area contributed by atoms with E-state index in [0.29, 0.717) is 12.1 Å². The van der Waals surface area contributed by atoms with Gasteiger partial charge in [0.05, 0.1) is 6.10 Å². The number of aromatic nitrogens is 1. The van der Waals surface area contributed by atoms with Crippen LogP contribution in [-0.4, -0.2) is 36.3 Å². The van der Waals surface area contributed by atoms with Crippen molar-refractivity contribution < 1.29 is 4.74 Å². The number of nitrogens with zero attached hydrogens (tertiary/aromatic N) is 2. The predicted molar refractivity (Wildman–Crippen MR) is 88.1 cm³/mol. The summed E-state index contributed by atoms with van der Waals surface area (Å²) in [5.74, 6) is 1.91. The van der Waals surface area contributed by atoms with Gasteiger partial charge in [0.25, 0.3) is 0 Å². The van der Waals surface area contributed by atoms with Gasteiger partial charge < -0.3 is 15.0 Å². The smallest absolute Gasteiger partial charge is 0.171 e. The molecular weight excluding hydrogens is 262 g/mol. The molecule has 4 nitrogen and oxygen atoms in total. The second kappa shape index (κ2) is 7.64. The molecule has 118 valence electrons. The Balaban J connectivity index is 2.24. The van der Waals surface area contributed by atoms with Gasteiger partial charge in [-0.3, -0.25) is 0 Å². The zero-order valence-electron chi connectivity index (χ0n) is 13.8. The summed E-state index contributed by atoms with van der Waals surface area (Å²) in [6.45, 7) is 10.6. The number of nitrogens with one attached hydrogen (secondary N) is 1. The first-order valence-electron chi connectivity index (χ1n) is 8.25. The Kier molecular flexibility index (Phi) is 5.85. The van der Waals surface area contributed by atoms with Crippen molar-refractivity contribution in [3.8, 4) is 5.75 Å². The molecule has 4 heteroatoms. The minimum atomic E-state index is 0.169. The molecule has 2 unspecified atom stereocenters. The summed E-state index contributed by atoms with van der Waals surface area (Å²) in [5, 5.41) is 3.56. The molecule has 1 fully saturated rings. The molecule has 21 heavy (non-hydrogen) atoms. The van der Waals surface area contributed by atoms with Crippen molar-refractivity contribution in [3.63, 3.8) is 0 Å². The van der Waals surface area contributed by atoms with Gasteiger partial charge in [0, 0.05) is 24.8 Å². The van der Waals surface area contributed by atoms with Crippen LogP contribution in [0.4, 0.5) is 5.82 Å². The standard InChI is InChI=1S/C17H29N3O/c1-5-18-14(4)15-9-6-7-12-20(15)17-16(21-13(2)3)10-8-11-19-17/h8,10-11,13-15,18H,5-7,9,12H2,1-4H3. The SMILES string of the molecule is CCNC(C)C1CCCCN1c1ncccc1OC(C)C. The lowest BCUT2D eigenvalue weighted by Crippen LogP contribution is -2.51. The van der Waals surface area contributed by atoms with Crippen molar-refractivity contribution in [2.75, 3.05) is 18.0 Å². The van der Waals surface area contributed by atoms with Gasteiger partial charge in [0.15, 0.2) is 11.6 Å². The predicted octanol–water partition coefficient (Wildman–Crippen LogP) is 3.23. The lowest BCUT2D eigenvalue weighted by Gasteiger charge is -2.41. The Morgan fingerprint density at radius 3 is 2.90 bits per heavy atom. The van der Waals surface area contributed by atoms with Crippen LogP contribution < -0.4 is 15.0 Å². The van der Waals surface area contributed by atoms with Gasteiger partial charge in [-0.05, 0) is 58.7 Å². The fraction of sp³-hybridized carbons (Fsp3) is 0.706. The maximum atomic E-state index is 5.96. The summed E-state index contributed by atoms with van der Waals surface area (Å²) in [5.41, 5.74) is 0. The van der Waals surface area contributed by atoms with E-state index in [4.69, 9.17) is 4.74 Å². The van der Waals surface area contributed by atoms with E-state index >= 15 is 0 Å². The first-order valence-corrected chi connectivity index (χ1v) is 8.25. The van der Waals surface area contributed by atoms with Crippen LogP contribution >= 0.6 is 0 Å². The Bertz CT molecular complexity index is 436. The van der Waals surface area contributed by atoms with E-state index in [0.717, 1.165) is 24.7 Å². The average molecular weight is 291 g/mol. The summed E-state index contributed by atoms with van der Waals surface area (Å²) in [7, 11) is 0. The van der Waals surface area contributed by atoms with E-state index < -0.39 is 0 Å². The third-order valence-corrected chi connectivity index (χ3v) is 4.04. The first kappa shape index (κ1) is 16.1. The molecule has 2 heterocycles. The minimum Gasteiger partial charge on any atom is -0.487 e. The number of hydrogen-bond acceptors (Lipinski definition) is 4. The van der Waals surface area contributed by atoms with Crippen molar-refractivity contribution in [2.24, 2.45) is 0 Å². The highest BCUT2D eigenvalue weighted by molar-refractivity contribution is 5.53. The molecule has 2 atom stereocenters. The van der Waals surface area contributed by atoms with Crippen LogP contribution in [-0.2, 0) is 0 Å². The van der Waals surface area contributed by atoms with E-state index in [-0.39, 0.29) is 6.10 Å². The first-order chi connectivity index (χ1) is 10.1. The molecule has 1 saturated heterocycles. The lowest BCUT2D eigenvalue weighted by atomic mass is 9.96. The van der Waals surface area contributed by atoms with Crippen LogP contribution in [0.2, 0.25) is 0 Å².